The molecular weight excluding hydrogens is 216 g/mol. The van der Waals surface area contributed by atoms with Crippen LogP contribution in [0.15, 0.2) is 15.7 Å². The van der Waals surface area contributed by atoms with Crippen molar-refractivity contribution >= 4 is 17.2 Å². The van der Waals surface area contributed by atoms with Crippen molar-refractivity contribution in [2.45, 2.75) is 25.7 Å². The zero-order valence-electron chi connectivity index (χ0n) is 8.10. The molecule has 0 aliphatic heterocycles. The molecule has 2 N–H and O–H groups in total. The SMILES string of the molecule is O=c1[nH]c(Cl)c(C2=CCCCC2)c(=O)[nH]1. The maximum absolute atomic E-state index is 11.6. The summed E-state index contributed by atoms with van der Waals surface area (Å²) in [5.41, 5.74) is 0.377. The van der Waals surface area contributed by atoms with Crippen LogP contribution in [0, 0.1) is 0 Å². The summed E-state index contributed by atoms with van der Waals surface area (Å²) >= 11 is 5.85. The summed E-state index contributed by atoms with van der Waals surface area (Å²) in [6, 6.07) is 0. The molecule has 0 unspecified atom stereocenters. The number of H-pyrrole nitrogens is 2. The third-order valence-corrected chi connectivity index (χ3v) is 2.79. The van der Waals surface area contributed by atoms with Gasteiger partial charge >= 0.3 is 5.69 Å². The number of halogens is 1. The van der Waals surface area contributed by atoms with Crippen LogP contribution in [0.5, 0.6) is 0 Å². The first-order valence-corrected chi connectivity index (χ1v) is 5.28. The third-order valence-electron chi connectivity index (χ3n) is 2.51. The van der Waals surface area contributed by atoms with E-state index in [1.165, 1.54) is 0 Å². The van der Waals surface area contributed by atoms with Gasteiger partial charge in [0.2, 0.25) is 0 Å². The number of hydrogen-bond donors (Lipinski definition) is 2. The van der Waals surface area contributed by atoms with E-state index in [1.54, 1.807) is 0 Å². The van der Waals surface area contributed by atoms with Crippen molar-refractivity contribution in [3.63, 3.8) is 0 Å². The van der Waals surface area contributed by atoms with E-state index in [2.05, 4.69) is 9.97 Å². The maximum atomic E-state index is 11.6. The fraction of sp³-hybridized carbons (Fsp3) is 0.400. The first-order valence-electron chi connectivity index (χ1n) is 4.90. The van der Waals surface area contributed by atoms with E-state index in [9.17, 15) is 9.59 Å². The average molecular weight is 227 g/mol. The highest BCUT2D eigenvalue weighted by molar-refractivity contribution is 6.31. The quantitative estimate of drug-likeness (QED) is 0.716. The highest BCUT2D eigenvalue weighted by Crippen LogP contribution is 2.27. The highest BCUT2D eigenvalue weighted by Gasteiger charge is 2.14. The van der Waals surface area contributed by atoms with E-state index in [0.29, 0.717) is 5.56 Å². The van der Waals surface area contributed by atoms with Crippen molar-refractivity contribution in [2.75, 3.05) is 0 Å². The monoisotopic (exact) mass is 226 g/mol. The molecule has 0 saturated carbocycles. The molecule has 15 heavy (non-hydrogen) atoms. The number of aromatic amines is 2. The fourth-order valence-electron chi connectivity index (χ4n) is 1.81. The Hall–Kier alpha value is -1.29. The number of allylic oxidation sites excluding steroid dienone is 2. The van der Waals surface area contributed by atoms with E-state index in [1.807, 2.05) is 6.08 Å². The van der Waals surface area contributed by atoms with Gasteiger partial charge in [0.25, 0.3) is 5.56 Å². The Morgan fingerprint density at radius 3 is 2.60 bits per heavy atom. The van der Waals surface area contributed by atoms with Gasteiger partial charge in [-0.15, -0.1) is 0 Å². The van der Waals surface area contributed by atoms with Crippen molar-refractivity contribution in [3.05, 3.63) is 37.6 Å². The fourth-order valence-corrected chi connectivity index (χ4v) is 2.10. The molecule has 0 spiro atoms. The van der Waals surface area contributed by atoms with Crippen LogP contribution < -0.4 is 11.2 Å². The van der Waals surface area contributed by atoms with E-state index < -0.39 is 11.2 Å². The lowest BCUT2D eigenvalue weighted by atomic mass is 9.95. The van der Waals surface area contributed by atoms with Gasteiger partial charge in [-0.2, -0.15) is 0 Å². The molecular formula is C10H11ClN2O2. The largest absolute Gasteiger partial charge is 0.326 e. The van der Waals surface area contributed by atoms with Gasteiger partial charge in [0.15, 0.2) is 0 Å². The van der Waals surface area contributed by atoms with Crippen LogP contribution in [0.25, 0.3) is 5.57 Å². The number of aromatic nitrogens is 2. The van der Waals surface area contributed by atoms with Gasteiger partial charge in [0.1, 0.15) is 5.15 Å². The molecule has 0 radical (unpaired) electrons. The predicted octanol–water partition coefficient (Wildman–Crippen LogP) is 1.67. The van der Waals surface area contributed by atoms with Crippen LogP contribution in [0.2, 0.25) is 5.15 Å². The summed E-state index contributed by atoms with van der Waals surface area (Å²) in [6.07, 6.45) is 6.01. The molecule has 5 heteroatoms. The predicted molar refractivity (Wildman–Crippen MR) is 59.1 cm³/mol. The van der Waals surface area contributed by atoms with E-state index in [0.717, 1.165) is 31.3 Å². The zero-order chi connectivity index (χ0) is 10.8. The Morgan fingerprint density at radius 2 is 2.00 bits per heavy atom. The smallest absolute Gasteiger partial charge is 0.297 e. The Labute approximate surface area is 91.0 Å². The molecule has 1 aromatic rings. The molecule has 0 saturated heterocycles. The first-order chi connectivity index (χ1) is 7.18. The Kier molecular flexibility index (Phi) is 2.77. The van der Waals surface area contributed by atoms with E-state index in [-0.39, 0.29) is 5.15 Å². The first kappa shape index (κ1) is 10.2. The van der Waals surface area contributed by atoms with Gasteiger partial charge in [-0.3, -0.25) is 14.8 Å². The molecule has 1 aliphatic carbocycles. The molecule has 1 heterocycles. The second kappa shape index (κ2) is 4.06. The van der Waals surface area contributed by atoms with Crippen molar-refractivity contribution in [1.82, 2.24) is 9.97 Å². The normalized spacial score (nSPS) is 16.2. The van der Waals surface area contributed by atoms with E-state index >= 15 is 0 Å². The third kappa shape index (κ3) is 2.04. The Morgan fingerprint density at radius 1 is 1.20 bits per heavy atom. The molecule has 0 fully saturated rings. The minimum Gasteiger partial charge on any atom is -0.297 e. The second-order valence-corrected chi connectivity index (χ2v) is 3.95. The van der Waals surface area contributed by atoms with Crippen molar-refractivity contribution in [3.8, 4) is 0 Å². The maximum Gasteiger partial charge on any atom is 0.326 e. The van der Waals surface area contributed by atoms with Crippen molar-refractivity contribution in [2.24, 2.45) is 0 Å². The Bertz CT molecular complexity index is 513. The summed E-state index contributed by atoms with van der Waals surface area (Å²) in [6.45, 7) is 0. The molecule has 1 aliphatic rings. The van der Waals surface area contributed by atoms with Gasteiger partial charge in [-0.25, -0.2) is 4.79 Å². The molecule has 4 nitrogen and oxygen atoms in total. The summed E-state index contributed by atoms with van der Waals surface area (Å²) in [4.78, 5) is 27.1. The number of rotatable bonds is 1. The molecule has 2 rings (SSSR count). The summed E-state index contributed by atoms with van der Waals surface area (Å²) < 4.78 is 0. The number of hydrogen-bond acceptors (Lipinski definition) is 2. The second-order valence-electron chi connectivity index (χ2n) is 3.57. The molecule has 0 aromatic carbocycles. The van der Waals surface area contributed by atoms with Crippen molar-refractivity contribution < 1.29 is 0 Å². The van der Waals surface area contributed by atoms with Crippen LogP contribution in [0.3, 0.4) is 0 Å². The van der Waals surface area contributed by atoms with Crippen LogP contribution in [-0.2, 0) is 0 Å². The van der Waals surface area contributed by atoms with Gasteiger partial charge in [0, 0.05) is 0 Å². The van der Waals surface area contributed by atoms with Gasteiger partial charge in [-0.1, -0.05) is 17.7 Å². The van der Waals surface area contributed by atoms with Crippen LogP contribution in [0.4, 0.5) is 0 Å². The van der Waals surface area contributed by atoms with E-state index in [4.69, 9.17) is 11.6 Å². The lowest BCUT2D eigenvalue weighted by Crippen LogP contribution is -2.25. The lowest BCUT2D eigenvalue weighted by Gasteiger charge is -2.12. The topological polar surface area (TPSA) is 65.7 Å². The standard InChI is InChI=1S/C10H11ClN2O2/c11-8-7(6-4-2-1-3-5-6)9(14)13-10(15)12-8/h4H,1-3,5H2,(H2,12,13,14,15). The summed E-state index contributed by atoms with van der Waals surface area (Å²) in [5.74, 6) is 0. The Balaban J connectivity index is 2.57. The number of nitrogens with one attached hydrogen (secondary N) is 2. The minimum atomic E-state index is -0.565. The minimum absolute atomic E-state index is 0.136. The molecule has 0 amide bonds. The summed E-state index contributed by atoms with van der Waals surface area (Å²) in [5, 5.41) is 0.136. The van der Waals surface area contributed by atoms with Gasteiger partial charge < -0.3 is 0 Å². The molecule has 80 valence electrons. The lowest BCUT2D eigenvalue weighted by molar-refractivity contribution is 0.740. The van der Waals surface area contributed by atoms with Crippen molar-refractivity contribution in [1.29, 1.82) is 0 Å². The zero-order valence-corrected chi connectivity index (χ0v) is 8.86. The van der Waals surface area contributed by atoms with Gasteiger partial charge in [-0.05, 0) is 31.3 Å². The molecule has 0 atom stereocenters. The van der Waals surface area contributed by atoms with Crippen LogP contribution in [-0.4, -0.2) is 9.97 Å². The van der Waals surface area contributed by atoms with Gasteiger partial charge in [0.05, 0.1) is 5.56 Å². The highest BCUT2D eigenvalue weighted by atomic mass is 35.5. The van der Waals surface area contributed by atoms with Crippen LogP contribution >= 0.6 is 11.6 Å². The molecule has 0 bridgehead atoms. The average Bonchev–Trinajstić information content (AvgIpc) is 2.17. The van der Waals surface area contributed by atoms with Crippen LogP contribution in [0.1, 0.15) is 31.2 Å². The molecule has 1 aromatic heterocycles. The summed E-state index contributed by atoms with van der Waals surface area (Å²) in [7, 11) is 0.